The molecule has 2 aliphatic rings. The average molecular weight is 502 g/mol. The largest absolute Gasteiger partial charge is 0.493 e. The van der Waals surface area contributed by atoms with Crippen LogP contribution in [0.2, 0.25) is 0 Å². The molecule has 9 heteroatoms. The molecule has 3 heterocycles. The summed E-state index contributed by atoms with van der Waals surface area (Å²) in [6.45, 7) is 15.9. The van der Waals surface area contributed by atoms with Crippen molar-refractivity contribution in [1.29, 1.82) is 0 Å². The summed E-state index contributed by atoms with van der Waals surface area (Å²) in [5.41, 5.74) is 0.303. The molecule has 1 aromatic carbocycles. The van der Waals surface area contributed by atoms with Crippen molar-refractivity contribution in [3.8, 4) is 11.5 Å². The van der Waals surface area contributed by atoms with Crippen molar-refractivity contribution >= 4 is 10.9 Å². The van der Waals surface area contributed by atoms with Crippen molar-refractivity contribution in [2.24, 2.45) is 0 Å². The Morgan fingerprint density at radius 1 is 1.00 bits per heavy atom. The monoisotopic (exact) mass is 501 g/mol. The van der Waals surface area contributed by atoms with Gasteiger partial charge in [0.25, 0.3) is 5.56 Å². The highest BCUT2D eigenvalue weighted by Crippen LogP contribution is 2.30. The molecule has 1 N–H and O–H groups in total. The Morgan fingerprint density at radius 3 is 2.44 bits per heavy atom. The summed E-state index contributed by atoms with van der Waals surface area (Å²) in [5.74, 6) is 1.26. The van der Waals surface area contributed by atoms with E-state index in [1.165, 1.54) is 6.33 Å². The predicted octanol–water partition coefficient (Wildman–Crippen LogP) is 2.60. The maximum Gasteiger partial charge on any atom is 0.262 e. The molecule has 0 saturated carbocycles. The minimum Gasteiger partial charge on any atom is -0.493 e. The van der Waals surface area contributed by atoms with Crippen molar-refractivity contribution in [3.05, 3.63) is 28.8 Å². The van der Waals surface area contributed by atoms with Crippen LogP contribution in [0.15, 0.2) is 23.3 Å². The Kier molecular flexibility index (Phi) is 9.22. The SMILES string of the molecule is CN1CCN(CCCOc2cc(OC3CCN(CCOC(C)(C)C)CC3)c3c(=O)[nH]cnc3c2)CC1. The van der Waals surface area contributed by atoms with Gasteiger partial charge in [0.05, 0.1) is 30.7 Å². The van der Waals surface area contributed by atoms with E-state index in [-0.39, 0.29) is 17.3 Å². The number of rotatable bonds is 10. The number of nitrogens with zero attached hydrogens (tertiary/aromatic N) is 4. The third kappa shape index (κ3) is 7.90. The van der Waals surface area contributed by atoms with Crippen LogP contribution in [0.25, 0.3) is 10.9 Å². The molecule has 36 heavy (non-hydrogen) atoms. The van der Waals surface area contributed by atoms with Crippen LogP contribution in [-0.2, 0) is 4.74 Å². The number of H-pyrrole nitrogens is 1. The van der Waals surface area contributed by atoms with Crippen LogP contribution in [0.1, 0.15) is 40.0 Å². The number of ether oxygens (including phenoxy) is 3. The third-order valence-electron chi connectivity index (χ3n) is 6.94. The standard InChI is InChI=1S/C27H43N5O4/c1-27(2,3)35-17-15-32-9-6-21(7-10-32)36-24-19-22(18-23-25(24)26(33)29-20-28-23)34-16-5-8-31-13-11-30(4)12-14-31/h18-21H,5-17H2,1-4H3,(H,28,29,33). The molecule has 2 fully saturated rings. The molecule has 2 aromatic rings. The summed E-state index contributed by atoms with van der Waals surface area (Å²) in [4.78, 5) is 26.9. The van der Waals surface area contributed by atoms with Crippen LogP contribution in [0, 0.1) is 0 Å². The van der Waals surface area contributed by atoms with Gasteiger partial charge in [0.1, 0.15) is 23.0 Å². The molecule has 2 aliphatic heterocycles. The highest BCUT2D eigenvalue weighted by atomic mass is 16.5. The van der Waals surface area contributed by atoms with Crippen LogP contribution >= 0.6 is 0 Å². The number of likely N-dealkylation sites (tertiary alicyclic amines) is 1. The van der Waals surface area contributed by atoms with Crippen LogP contribution in [-0.4, -0.2) is 109 Å². The first kappa shape index (κ1) is 26.9. The van der Waals surface area contributed by atoms with Crippen molar-refractivity contribution in [2.45, 2.75) is 51.7 Å². The molecule has 4 rings (SSSR count). The molecule has 2 saturated heterocycles. The normalized spacial score (nSPS) is 19.1. The quantitative estimate of drug-likeness (QED) is 0.498. The highest BCUT2D eigenvalue weighted by Gasteiger charge is 2.23. The Labute approximate surface area is 214 Å². The lowest BCUT2D eigenvalue weighted by atomic mass is 10.1. The molecular weight excluding hydrogens is 458 g/mol. The molecule has 0 atom stereocenters. The predicted molar refractivity (Wildman–Crippen MR) is 142 cm³/mol. The van der Waals surface area contributed by atoms with Gasteiger partial charge in [-0.1, -0.05) is 0 Å². The maximum absolute atomic E-state index is 12.6. The van der Waals surface area contributed by atoms with E-state index < -0.39 is 0 Å². The van der Waals surface area contributed by atoms with Gasteiger partial charge in [-0.05, 0) is 47.1 Å². The van der Waals surface area contributed by atoms with E-state index in [9.17, 15) is 4.79 Å². The average Bonchev–Trinajstić information content (AvgIpc) is 2.83. The van der Waals surface area contributed by atoms with E-state index in [1.807, 2.05) is 12.1 Å². The summed E-state index contributed by atoms with van der Waals surface area (Å²) in [6.07, 6.45) is 4.26. The van der Waals surface area contributed by atoms with Crippen molar-refractivity contribution in [1.82, 2.24) is 24.7 Å². The summed E-state index contributed by atoms with van der Waals surface area (Å²) in [7, 11) is 2.17. The molecule has 0 radical (unpaired) electrons. The first-order valence-corrected chi connectivity index (χ1v) is 13.3. The van der Waals surface area contributed by atoms with E-state index >= 15 is 0 Å². The summed E-state index contributed by atoms with van der Waals surface area (Å²) in [6, 6.07) is 3.70. The van der Waals surface area contributed by atoms with Crippen LogP contribution in [0.5, 0.6) is 11.5 Å². The van der Waals surface area contributed by atoms with Gasteiger partial charge >= 0.3 is 0 Å². The number of hydrogen-bond acceptors (Lipinski definition) is 8. The third-order valence-corrected chi connectivity index (χ3v) is 6.94. The molecule has 0 unspecified atom stereocenters. The van der Waals surface area contributed by atoms with Gasteiger partial charge in [-0.15, -0.1) is 0 Å². The van der Waals surface area contributed by atoms with E-state index in [2.05, 4.69) is 52.5 Å². The summed E-state index contributed by atoms with van der Waals surface area (Å²) in [5, 5.41) is 0.489. The molecule has 0 amide bonds. The van der Waals surface area contributed by atoms with Crippen LogP contribution < -0.4 is 15.0 Å². The smallest absolute Gasteiger partial charge is 0.262 e. The zero-order valence-corrected chi connectivity index (χ0v) is 22.4. The second-order valence-electron chi connectivity index (χ2n) is 11.0. The zero-order valence-electron chi connectivity index (χ0n) is 22.4. The molecular formula is C27H43N5O4. The lowest BCUT2D eigenvalue weighted by Crippen LogP contribution is -2.44. The number of fused-ring (bicyclic) bond motifs is 1. The topological polar surface area (TPSA) is 83.2 Å². The van der Waals surface area contributed by atoms with Gasteiger partial charge in [-0.2, -0.15) is 0 Å². The van der Waals surface area contributed by atoms with E-state index in [0.29, 0.717) is 29.0 Å². The fourth-order valence-corrected chi connectivity index (χ4v) is 4.78. The van der Waals surface area contributed by atoms with Crippen LogP contribution in [0.3, 0.4) is 0 Å². The lowest BCUT2D eigenvalue weighted by molar-refractivity contribution is -0.0185. The number of nitrogens with one attached hydrogen (secondary N) is 1. The summed E-state index contributed by atoms with van der Waals surface area (Å²) < 4.78 is 18.4. The fourth-order valence-electron chi connectivity index (χ4n) is 4.78. The van der Waals surface area contributed by atoms with Crippen molar-refractivity contribution in [3.63, 3.8) is 0 Å². The molecule has 0 aliphatic carbocycles. The number of piperazine rings is 1. The number of likely N-dealkylation sites (N-methyl/N-ethyl adjacent to an activating group) is 1. The van der Waals surface area contributed by atoms with Crippen LogP contribution in [0.4, 0.5) is 0 Å². The number of aromatic nitrogens is 2. The van der Waals surface area contributed by atoms with E-state index in [4.69, 9.17) is 14.2 Å². The van der Waals surface area contributed by atoms with E-state index in [0.717, 1.165) is 78.2 Å². The minimum absolute atomic E-state index is 0.0556. The zero-order chi connectivity index (χ0) is 25.5. The van der Waals surface area contributed by atoms with Gasteiger partial charge < -0.3 is 33.9 Å². The van der Waals surface area contributed by atoms with Gasteiger partial charge in [0.15, 0.2) is 0 Å². The second kappa shape index (κ2) is 12.4. The van der Waals surface area contributed by atoms with Gasteiger partial charge in [0, 0.05) is 64.5 Å². The molecule has 200 valence electrons. The second-order valence-corrected chi connectivity index (χ2v) is 11.0. The Bertz CT molecular complexity index is 1020. The first-order chi connectivity index (χ1) is 17.3. The first-order valence-electron chi connectivity index (χ1n) is 13.3. The lowest BCUT2D eigenvalue weighted by Gasteiger charge is -2.33. The minimum atomic E-state index is -0.187. The fraction of sp³-hybridized carbons (Fsp3) is 0.704. The summed E-state index contributed by atoms with van der Waals surface area (Å²) >= 11 is 0. The molecule has 0 spiro atoms. The number of benzene rings is 1. The van der Waals surface area contributed by atoms with Gasteiger partial charge in [0.2, 0.25) is 0 Å². The van der Waals surface area contributed by atoms with Crippen molar-refractivity contribution < 1.29 is 14.2 Å². The molecule has 0 bridgehead atoms. The number of piperidine rings is 1. The molecule has 9 nitrogen and oxygen atoms in total. The Hall–Kier alpha value is -2.20. The Morgan fingerprint density at radius 2 is 1.72 bits per heavy atom. The Balaban J connectivity index is 1.32. The number of aromatic amines is 1. The number of hydrogen-bond donors (Lipinski definition) is 1. The van der Waals surface area contributed by atoms with Crippen molar-refractivity contribution in [2.75, 3.05) is 72.6 Å². The maximum atomic E-state index is 12.6. The molecule has 1 aromatic heterocycles. The van der Waals surface area contributed by atoms with Gasteiger partial charge in [-0.25, -0.2) is 4.98 Å². The van der Waals surface area contributed by atoms with E-state index in [1.54, 1.807) is 0 Å². The van der Waals surface area contributed by atoms with Gasteiger partial charge in [-0.3, -0.25) is 4.79 Å². The highest BCUT2D eigenvalue weighted by molar-refractivity contribution is 5.85.